The second-order valence-corrected chi connectivity index (χ2v) is 8.60. The number of hydrogen-bond acceptors (Lipinski definition) is 9. The molecule has 2 aliphatic heterocycles. The Bertz CT molecular complexity index is 1260. The average Bonchev–Trinajstić information content (AvgIpc) is 3.48. The lowest BCUT2D eigenvalue weighted by Gasteiger charge is -2.19. The van der Waals surface area contributed by atoms with E-state index in [1.165, 1.54) is 15.5 Å². The molecule has 3 heterocycles. The number of thioether (sulfide) groups is 1. The summed E-state index contributed by atoms with van der Waals surface area (Å²) in [7, 11) is 0. The molecule has 1 saturated heterocycles. The van der Waals surface area contributed by atoms with Gasteiger partial charge in [-0.15, -0.1) is 11.8 Å². The molecule has 162 valence electrons. The molecule has 32 heavy (non-hydrogen) atoms. The van der Waals surface area contributed by atoms with Crippen molar-refractivity contribution in [3.63, 3.8) is 0 Å². The molecule has 3 aromatic rings. The predicted octanol–water partition coefficient (Wildman–Crippen LogP) is 3.57. The molecule has 1 aromatic heterocycles. The zero-order valence-corrected chi connectivity index (χ0v) is 18.5. The summed E-state index contributed by atoms with van der Waals surface area (Å²) in [6.45, 7) is 4.14. The average molecular weight is 449 g/mol. The van der Waals surface area contributed by atoms with E-state index >= 15 is 0 Å². The van der Waals surface area contributed by atoms with Gasteiger partial charge in [-0.3, -0.25) is 14.6 Å². The van der Waals surface area contributed by atoms with Crippen molar-refractivity contribution >= 4 is 29.3 Å². The molecule has 10 heteroatoms. The summed E-state index contributed by atoms with van der Waals surface area (Å²) in [6.07, 6.45) is 1.94. The molecule has 0 spiro atoms. The lowest BCUT2D eigenvalue weighted by molar-refractivity contribution is -0.123. The molecular weight excluding hydrogens is 428 g/mol. The Balaban J connectivity index is 1.36. The van der Waals surface area contributed by atoms with Gasteiger partial charge in [-0.2, -0.15) is 10.1 Å². The zero-order chi connectivity index (χ0) is 22.4. The smallest absolute Gasteiger partial charge is 0.263 e. The summed E-state index contributed by atoms with van der Waals surface area (Å²) in [5.41, 5.74) is 3.69. The number of carbonyl (C=O) groups excluding carboxylic acids is 2. The largest absolute Gasteiger partial charge is 0.337 e. The van der Waals surface area contributed by atoms with Gasteiger partial charge in [0.25, 0.3) is 11.8 Å². The van der Waals surface area contributed by atoms with Crippen molar-refractivity contribution in [1.82, 2.24) is 15.1 Å². The second kappa shape index (κ2) is 7.86. The predicted molar refractivity (Wildman–Crippen MR) is 118 cm³/mol. The number of aromatic nitrogens is 2. The van der Waals surface area contributed by atoms with Gasteiger partial charge in [-0.25, -0.2) is 4.90 Å². The minimum atomic E-state index is -0.873. The van der Waals surface area contributed by atoms with Crippen LogP contribution in [-0.4, -0.2) is 45.3 Å². The third kappa shape index (κ3) is 3.36. The minimum Gasteiger partial charge on any atom is -0.337 e. The first kappa shape index (κ1) is 20.4. The second-order valence-electron chi connectivity index (χ2n) is 7.72. The van der Waals surface area contributed by atoms with Crippen molar-refractivity contribution in [2.45, 2.75) is 37.4 Å². The van der Waals surface area contributed by atoms with Gasteiger partial charge in [-0.05, 0) is 55.5 Å². The molecule has 0 saturated carbocycles. The lowest BCUT2D eigenvalue weighted by Crippen LogP contribution is -2.39. The summed E-state index contributed by atoms with van der Waals surface area (Å²) in [5.74, 6) is 0.00373. The first-order valence-electron chi connectivity index (χ1n) is 10.1. The van der Waals surface area contributed by atoms with E-state index in [0.717, 1.165) is 16.0 Å². The molecule has 2 aliphatic rings. The standard InChI is InChI=1S/C22H20N6O3S/c1-12-7-8-14(9-13(12)2)20-23-17(31-25-20)11-27-19-18(24-26-27)21(29)28(22(19)30)15-5-4-6-16(10-15)32-3/h4-10,18-19H,11H2,1-3H3/t18-,19+/m1/s1. The summed E-state index contributed by atoms with van der Waals surface area (Å²) in [5, 5.41) is 13.6. The van der Waals surface area contributed by atoms with Crippen LogP contribution >= 0.6 is 11.8 Å². The molecule has 0 unspecified atom stereocenters. The molecule has 0 aliphatic carbocycles. The van der Waals surface area contributed by atoms with Gasteiger partial charge in [0.1, 0.15) is 6.54 Å². The highest BCUT2D eigenvalue weighted by molar-refractivity contribution is 7.98. The highest BCUT2D eigenvalue weighted by atomic mass is 32.2. The van der Waals surface area contributed by atoms with Gasteiger partial charge in [0.2, 0.25) is 11.7 Å². The molecular formula is C22H20N6O3S. The van der Waals surface area contributed by atoms with Crippen LogP contribution < -0.4 is 4.90 Å². The Labute approximate surface area is 188 Å². The third-order valence-electron chi connectivity index (χ3n) is 5.70. The number of hydrogen-bond donors (Lipinski definition) is 0. The third-order valence-corrected chi connectivity index (χ3v) is 6.43. The monoisotopic (exact) mass is 448 g/mol. The topological polar surface area (TPSA) is 104 Å². The van der Waals surface area contributed by atoms with E-state index in [4.69, 9.17) is 4.52 Å². The molecule has 1 fully saturated rings. The number of nitrogens with zero attached hydrogens (tertiary/aromatic N) is 6. The molecule has 2 atom stereocenters. The van der Waals surface area contributed by atoms with E-state index in [2.05, 4.69) is 20.5 Å². The van der Waals surface area contributed by atoms with Crippen LogP contribution in [0.5, 0.6) is 0 Å². The van der Waals surface area contributed by atoms with Crippen LogP contribution in [0.1, 0.15) is 17.0 Å². The van der Waals surface area contributed by atoms with Crippen LogP contribution in [0, 0.1) is 13.8 Å². The van der Waals surface area contributed by atoms with Crippen LogP contribution in [-0.2, 0) is 16.1 Å². The van der Waals surface area contributed by atoms with Crippen LogP contribution in [0.2, 0.25) is 0 Å². The Morgan fingerprint density at radius 2 is 1.91 bits per heavy atom. The van der Waals surface area contributed by atoms with Crippen molar-refractivity contribution in [3.05, 3.63) is 59.5 Å². The number of carbonyl (C=O) groups is 2. The Kier molecular flexibility index (Phi) is 5.01. The van der Waals surface area contributed by atoms with Gasteiger partial charge in [0, 0.05) is 10.5 Å². The van der Waals surface area contributed by atoms with Crippen LogP contribution in [0.3, 0.4) is 0 Å². The molecule has 5 rings (SSSR count). The fourth-order valence-corrected chi connectivity index (χ4v) is 4.27. The van der Waals surface area contributed by atoms with E-state index in [0.29, 0.717) is 17.4 Å². The van der Waals surface area contributed by atoms with Crippen molar-refractivity contribution < 1.29 is 14.1 Å². The maximum absolute atomic E-state index is 13.2. The zero-order valence-electron chi connectivity index (χ0n) is 17.7. The molecule has 0 bridgehead atoms. The molecule has 2 amide bonds. The molecule has 2 aromatic carbocycles. The fourth-order valence-electron chi connectivity index (χ4n) is 3.81. The number of fused-ring (bicyclic) bond motifs is 1. The van der Waals surface area contributed by atoms with Crippen LogP contribution in [0.15, 0.2) is 62.2 Å². The van der Waals surface area contributed by atoms with Crippen LogP contribution in [0.4, 0.5) is 5.69 Å². The Hall–Kier alpha value is -3.53. The van der Waals surface area contributed by atoms with E-state index in [-0.39, 0.29) is 18.4 Å². The summed E-state index contributed by atoms with van der Waals surface area (Å²) in [4.78, 5) is 32.7. The Morgan fingerprint density at radius 3 is 2.69 bits per heavy atom. The Morgan fingerprint density at radius 1 is 1.06 bits per heavy atom. The van der Waals surface area contributed by atoms with E-state index < -0.39 is 12.1 Å². The highest BCUT2D eigenvalue weighted by Crippen LogP contribution is 2.34. The maximum Gasteiger partial charge on any atom is 0.263 e. The van der Waals surface area contributed by atoms with Gasteiger partial charge in [-0.1, -0.05) is 28.6 Å². The number of aryl methyl sites for hydroxylation is 2. The van der Waals surface area contributed by atoms with E-state index in [9.17, 15) is 9.59 Å². The maximum atomic E-state index is 13.2. The number of imide groups is 1. The van der Waals surface area contributed by atoms with Crippen molar-refractivity contribution in [2.24, 2.45) is 10.3 Å². The first-order chi connectivity index (χ1) is 15.5. The SMILES string of the molecule is CSc1cccc(N2C(=O)[C@@H]3[C@@H](N=NN3Cc3nc(-c4ccc(C)c(C)c4)no3)C2=O)c1. The number of amides is 2. The van der Waals surface area contributed by atoms with Crippen molar-refractivity contribution in [2.75, 3.05) is 11.2 Å². The summed E-state index contributed by atoms with van der Waals surface area (Å²) < 4.78 is 5.39. The normalized spacial score (nSPS) is 19.8. The lowest BCUT2D eigenvalue weighted by atomic mass is 10.1. The quantitative estimate of drug-likeness (QED) is 0.434. The first-order valence-corrected chi connectivity index (χ1v) is 11.3. The molecule has 9 nitrogen and oxygen atoms in total. The van der Waals surface area contributed by atoms with Gasteiger partial charge in [0.05, 0.1) is 5.69 Å². The summed E-state index contributed by atoms with van der Waals surface area (Å²) in [6, 6.07) is 11.5. The number of benzene rings is 2. The number of rotatable bonds is 5. The van der Waals surface area contributed by atoms with Crippen LogP contribution in [0.25, 0.3) is 11.4 Å². The van der Waals surface area contributed by atoms with Gasteiger partial charge >= 0.3 is 0 Å². The van der Waals surface area contributed by atoms with Gasteiger partial charge < -0.3 is 4.52 Å². The van der Waals surface area contributed by atoms with E-state index in [1.54, 1.807) is 17.8 Å². The van der Waals surface area contributed by atoms with Gasteiger partial charge in [0.15, 0.2) is 12.1 Å². The van der Waals surface area contributed by atoms with E-state index in [1.807, 2.05) is 56.5 Å². The van der Waals surface area contributed by atoms with Crippen molar-refractivity contribution in [3.8, 4) is 11.4 Å². The molecule has 0 radical (unpaired) electrons. The highest BCUT2D eigenvalue weighted by Gasteiger charge is 2.55. The minimum absolute atomic E-state index is 0.0836. The number of anilines is 1. The molecule has 0 N–H and O–H groups in total. The van der Waals surface area contributed by atoms with Crippen molar-refractivity contribution in [1.29, 1.82) is 0 Å². The fraction of sp³-hybridized carbons (Fsp3) is 0.273. The summed E-state index contributed by atoms with van der Waals surface area (Å²) >= 11 is 1.54.